The van der Waals surface area contributed by atoms with Crippen LogP contribution in [0.15, 0.2) is 12.3 Å². The van der Waals surface area contributed by atoms with Gasteiger partial charge in [-0.2, -0.15) is 5.10 Å². The van der Waals surface area contributed by atoms with E-state index >= 15 is 0 Å². The first-order valence-electron chi connectivity index (χ1n) is 8.61. The third kappa shape index (κ3) is 3.25. The molecule has 0 aromatic carbocycles. The van der Waals surface area contributed by atoms with Gasteiger partial charge in [0.25, 0.3) is 0 Å². The maximum atomic E-state index is 6.00. The Balaban J connectivity index is 1.63. The summed E-state index contributed by atoms with van der Waals surface area (Å²) < 4.78 is 2.23. The number of nitrogens with two attached hydrogens (primary N) is 1. The number of rotatable bonds is 4. The molecule has 2 fully saturated rings. The monoisotopic (exact) mass is 275 g/mol. The summed E-state index contributed by atoms with van der Waals surface area (Å²) in [4.78, 5) is 0. The van der Waals surface area contributed by atoms with E-state index in [0.717, 1.165) is 18.9 Å². The second-order valence-electron chi connectivity index (χ2n) is 6.82. The second kappa shape index (κ2) is 6.75. The largest absolute Gasteiger partial charge is 0.330 e. The van der Waals surface area contributed by atoms with Crippen LogP contribution >= 0.6 is 0 Å². The van der Waals surface area contributed by atoms with Crippen LogP contribution in [0.25, 0.3) is 0 Å². The quantitative estimate of drug-likeness (QED) is 0.852. The van der Waals surface area contributed by atoms with Crippen LogP contribution in [0, 0.1) is 11.8 Å². The summed E-state index contributed by atoms with van der Waals surface area (Å²) in [5.41, 5.74) is 7.29. The molecule has 0 saturated heterocycles. The lowest BCUT2D eigenvalue weighted by Gasteiger charge is -2.22. The Hall–Kier alpha value is -0.830. The lowest BCUT2D eigenvalue weighted by molar-refractivity contribution is 0.314. The van der Waals surface area contributed by atoms with Crippen molar-refractivity contribution in [1.29, 1.82) is 0 Å². The minimum absolute atomic E-state index is 0.670. The van der Waals surface area contributed by atoms with E-state index in [-0.39, 0.29) is 0 Å². The lowest BCUT2D eigenvalue weighted by Crippen LogP contribution is -2.24. The molecule has 2 N–H and O–H groups in total. The topological polar surface area (TPSA) is 43.8 Å². The molecule has 0 amide bonds. The van der Waals surface area contributed by atoms with Crippen LogP contribution in [0.4, 0.5) is 0 Å². The summed E-state index contributed by atoms with van der Waals surface area (Å²) in [6.07, 6.45) is 15.5. The summed E-state index contributed by atoms with van der Waals surface area (Å²) in [5, 5.41) is 4.86. The van der Waals surface area contributed by atoms with Gasteiger partial charge >= 0.3 is 0 Å². The Bertz CT molecular complexity index is 406. The zero-order chi connectivity index (χ0) is 13.8. The molecule has 2 atom stereocenters. The van der Waals surface area contributed by atoms with E-state index in [0.29, 0.717) is 12.0 Å². The Kier molecular flexibility index (Phi) is 4.77. The lowest BCUT2D eigenvalue weighted by atomic mass is 9.84. The molecule has 2 aliphatic rings. The first-order chi connectivity index (χ1) is 9.86. The van der Waals surface area contributed by atoms with Gasteiger partial charge in [0.1, 0.15) is 0 Å². The van der Waals surface area contributed by atoms with Gasteiger partial charge in [-0.1, -0.05) is 32.1 Å². The molecule has 2 aliphatic carbocycles. The van der Waals surface area contributed by atoms with Gasteiger partial charge in [0.15, 0.2) is 0 Å². The van der Waals surface area contributed by atoms with Crippen molar-refractivity contribution >= 4 is 0 Å². The Labute approximate surface area is 122 Å². The minimum atomic E-state index is 0.670. The Morgan fingerprint density at radius 1 is 1.00 bits per heavy atom. The molecule has 3 heteroatoms. The van der Waals surface area contributed by atoms with Crippen LogP contribution in [0.1, 0.15) is 69.5 Å². The predicted molar refractivity (Wildman–Crippen MR) is 82.6 cm³/mol. The van der Waals surface area contributed by atoms with Crippen LogP contribution < -0.4 is 5.73 Å². The maximum absolute atomic E-state index is 6.00. The highest BCUT2D eigenvalue weighted by Gasteiger charge is 2.24. The average Bonchev–Trinajstić information content (AvgIpc) is 3.08. The molecule has 2 unspecified atom stereocenters. The molecule has 0 radical (unpaired) electrons. The first kappa shape index (κ1) is 14.1. The summed E-state index contributed by atoms with van der Waals surface area (Å²) in [6.45, 7) is 0.855. The van der Waals surface area contributed by atoms with E-state index in [4.69, 9.17) is 10.8 Å². The van der Waals surface area contributed by atoms with Gasteiger partial charge in [0, 0.05) is 6.20 Å². The minimum Gasteiger partial charge on any atom is -0.330 e. The second-order valence-corrected chi connectivity index (χ2v) is 6.82. The highest BCUT2D eigenvalue weighted by Crippen LogP contribution is 2.32. The van der Waals surface area contributed by atoms with Crippen molar-refractivity contribution in [2.75, 3.05) is 6.54 Å². The Morgan fingerprint density at radius 2 is 1.70 bits per heavy atom. The summed E-state index contributed by atoms with van der Waals surface area (Å²) in [6, 6.07) is 2.92. The maximum Gasteiger partial charge on any atom is 0.0627 e. The van der Waals surface area contributed by atoms with Gasteiger partial charge in [-0.15, -0.1) is 0 Å². The van der Waals surface area contributed by atoms with Gasteiger partial charge < -0.3 is 5.73 Å². The molecule has 20 heavy (non-hydrogen) atoms. The third-order valence-electron chi connectivity index (χ3n) is 5.45. The van der Waals surface area contributed by atoms with E-state index in [1.54, 1.807) is 0 Å². The van der Waals surface area contributed by atoms with E-state index in [2.05, 4.69) is 16.9 Å². The summed E-state index contributed by atoms with van der Waals surface area (Å²) in [7, 11) is 0. The fraction of sp³-hybridized carbons (Fsp3) is 0.824. The molecular weight excluding hydrogens is 246 g/mol. The van der Waals surface area contributed by atoms with Gasteiger partial charge in [-0.05, 0) is 56.6 Å². The normalized spacial score (nSPS) is 28.6. The van der Waals surface area contributed by atoms with Gasteiger partial charge in [0.2, 0.25) is 0 Å². The number of hydrogen-bond acceptors (Lipinski definition) is 2. The zero-order valence-corrected chi connectivity index (χ0v) is 12.6. The molecule has 0 bridgehead atoms. The molecule has 3 nitrogen and oxygen atoms in total. The number of aromatic nitrogens is 2. The van der Waals surface area contributed by atoms with Crippen molar-refractivity contribution in [3.8, 4) is 0 Å². The highest BCUT2D eigenvalue weighted by atomic mass is 15.3. The molecule has 1 aromatic heterocycles. The molecule has 1 aromatic rings. The molecule has 112 valence electrons. The van der Waals surface area contributed by atoms with Crippen molar-refractivity contribution in [2.24, 2.45) is 17.6 Å². The van der Waals surface area contributed by atoms with Crippen LogP contribution in [0.3, 0.4) is 0 Å². The van der Waals surface area contributed by atoms with Crippen LogP contribution in [0.5, 0.6) is 0 Å². The van der Waals surface area contributed by atoms with Crippen molar-refractivity contribution in [2.45, 2.75) is 70.3 Å². The van der Waals surface area contributed by atoms with Crippen molar-refractivity contribution in [3.05, 3.63) is 18.0 Å². The van der Waals surface area contributed by atoms with Crippen molar-refractivity contribution in [3.63, 3.8) is 0 Å². The number of nitrogens with zero attached hydrogens (tertiary/aromatic N) is 2. The van der Waals surface area contributed by atoms with Crippen LogP contribution in [0.2, 0.25) is 0 Å². The van der Waals surface area contributed by atoms with Crippen LogP contribution in [-0.2, 0) is 6.42 Å². The first-order valence-corrected chi connectivity index (χ1v) is 8.61. The fourth-order valence-corrected chi connectivity index (χ4v) is 4.17. The van der Waals surface area contributed by atoms with Gasteiger partial charge in [-0.25, -0.2) is 0 Å². The predicted octanol–water partition coefficient (Wildman–Crippen LogP) is 3.70. The summed E-state index contributed by atoms with van der Waals surface area (Å²) in [5.74, 6) is 1.48. The third-order valence-corrected chi connectivity index (χ3v) is 5.45. The van der Waals surface area contributed by atoms with Gasteiger partial charge in [0.05, 0.1) is 11.7 Å². The molecular formula is C17H29N3. The van der Waals surface area contributed by atoms with E-state index in [9.17, 15) is 0 Å². The van der Waals surface area contributed by atoms with Crippen molar-refractivity contribution < 1.29 is 0 Å². The SMILES string of the molecule is NCC1CCCCCC1Cc1ccn(C2CCCC2)n1. The highest BCUT2D eigenvalue weighted by molar-refractivity contribution is 5.02. The zero-order valence-electron chi connectivity index (χ0n) is 12.6. The molecule has 0 aliphatic heterocycles. The summed E-state index contributed by atoms with van der Waals surface area (Å²) >= 11 is 0. The molecule has 1 heterocycles. The number of hydrogen-bond donors (Lipinski definition) is 1. The molecule has 3 rings (SSSR count). The Morgan fingerprint density at radius 3 is 2.45 bits per heavy atom. The van der Waals surface area contributed by atoms with Gasteiger partial charge in [-0.3, -0.25) is 4.68 Å². The average molecular weight is 275 g/mol. The molecule has 0 spiro atoms. The van der Waals surface area contributed by atoms with E-state index in [1.807, 2.05) is 0 Å². The van der Waals surface area contributed by atoms with E-state index < -0.39 is 0 Å². The molecule has 2 saturated carbocycles. The van der Waals surface area contributed by atoms with E-state index in [1.165, 1.54) is 63.5 Å². The standard InChI is InChI=1S/C17H29N3/c18-13-15-7-3-1-2-6-14(15)12-16-10-11-20(19-16)17-8-4-5-9-17/h10-11,14-15,17H,1-9,12-13,18H2. The fourth-order valence-electron chi connectivity index (χ4n) is 4.17. The van der Waals surface area contributed by atoms with Crippen LogP contribution in [-0.4, -0.2) is 16.3 Å². The smallest absolute Gasteiger partial charge is 0.0627 e. The van der Waals surface area contributed by atoms with Crippen molar-refractivity contribution in [1.82, 2.24) is 9.78 Å².